The molecule has 22 heavy (non-hydrogen) atoms. The number of carbonyl (C=O) groups excluding carboxylic acids is 2. The van der Waals surface area contributed by atoms with Gasteiger partial charge in [-0.15, -0.1) is 6.58 Å². The normalized spacial score (nSPS) is 20.7. The number of methoxy groups -OCH3 is 2. The van der Waals surface area contributed by atoms with Crippen LogP contribution in [0, 0.1) is 11.3 Å². The van der Waals surface area contributed by atoms with Crippen LogP contribution in [0.1, 0.15) is 33.1 Å². The van der Waals surface area contributed by atoms with Crippen LogP contribution >= 0.6 is 0 Å². The first-order valence-corrected chi connectivity index (χ1v) is 7.37. The van der Waals surface area contributed by atoms with Gasteiger partial charge >= 0.3 is 11.9 Å². The Morgan fingerprint density at radius 1 is 1.27 bits per heavy atom. The van der Waals surface area contributed by atoms with E-state index in [4.69, 9.17) is 14.2 Å². The molecular weight excluding hydrogens is 288 g/mol. The van der Waals surface area contributed by atoms with E-state index in [0.717, 1.165) is 0 Å². The summed E-state index contributed by atoms with van der Waals surface area (Å²) in [5.74, 6) is -1.76. The van der Waals surface area contributed by atoms with E-state index < -0.39 is 11.2 Å². The van der Waals surface area contributed by atoms with Crippen molar-refractivity contribution in [3.8, 4) is 0 Å². The molecule has 0 aliphatic carbocycles. The van der Waals surface area contributed by atoms with Crippen molar-refractivity contribution in [1.29, 1.82) is 0 Å². The molecule has 6 heteroatoms. The summed E-state index contributed by atoms with van der Waals surface area (Å²) in [6.07, 6.45) is 2.58. The van der Waals surface area contributed by atoms with Crippen LogP contribution in [-0.4, -0.2) is 45.2 Å². The summed E-state index contributed by atoms with van der Waals surface area (Å²) in [6, 6.07) is 0. The Kier molecular flexibility index (Phi) is 6.56. The van der Waals surface area contributed by atoms with Crippen LogP contribution in [0.25, 0.3) is 0 Å². The van der Waals surface area contributed by atoms with E-state index in [0.29, 0.717) is 19.6 Å². The number of rotatable bonds is 8. The van der Waals surface area contributed by atoms with E-state index in [1.54, 1.807) is 6.08 Å². The largest absolute Gasteiger partial charge is 0.469 e. The van der Waals surface area contributed by atoms with E-state index in [2.05, 4.69) is 11.3 Å². The molecule has 0 aromatic carbocycles. The molecule has 1 aliphatic heterocycles. The fourth-order valence-electron chi connectivity index (χ4n) is 2.92. The van der Waals surface area contributed by atoms with E-state index in [9.17, 15) is 9.59 Å². The summed E-state index contributed by atoms with van der Waals surface area (Å²) >= 11 is 0. The highest BCUT2D eigenvalue weighted by molar-refractivity contribution is 5.71. The maximum absolute atomic E-state index is 11.9. The minimum absolute atomic E-state index is 0.109. The average molecular weight is 314 g/mol. The molecule has 0 unspecified atom stereocenters. The maximum Gasteiger partial charge on any atom is 0.306 e. The number of hydrogen-bond acceptors (Lipinski definition) is 6. The van der Waals surface area contributed by atoms with E-state index >= 15 is 0 Å². The standard InChI is InChI=1S/C16H26O6/c1-6-12(7-8-13(17)19-4)15(2,11-14(18)20-5)16(3)21-9-10-22-16/h6,12H,1,7-11H2,2-5H3/t12-,15-/m0/s1. The Balaban J connectivity index is 3.02. The molecule has 0 aromatic heterocycles. The molecular formula is C16H26O6. The monoisotopic (exact) mass is 314 g/mol. The molecule has 2 atom stereocenters. The lowest BCUT2D eigenvalue weighted by molar-refractivity contribution is -0.236. The van der Waals surface area contributed by atoms with Crippen LogP contribution in [0.4, 0.5) is 0 Å². The van der Waals surface area contributed by atoms with Gasteiger partial charge in [-0.3, -0.25) is 9.59 Å². The molecule has 1 heterocycles. The zero-order chi connectivity index (χ0) is 16.8. The SMILES string of the molecule is C=C[C@@H](CCC(=O)OC)[C@](C)(CC(=O)OC)C1(C)OCCO1. The Morgan fingerprint density at radius 2 is 1.82 bits per heavy atom. The number of carbonyl (C=O) groups is 2. The highest BCUT2D eigenvalue weighted by Gasteiger charge is 2.54. The Labute approximate surface area is 131 Å². The lowest BCUT2D eigenvalue weighted by Crippen LogP contribution is -2.50. The van der Waals surface area contributed by atoms with Crippen LogP contribution in [-0.2, 0) is 28.5 Å². The molecule has 1 aliphatic rings. The van der Waals surface area contributed by atoms with Crippen LogP contribution < -0.4 is 0 Å². The lowest BCUT2D eigenvalue weighted by Gasteiger charge is -2.45. The molecule has 1 fully saturated rings. The summed E-state index contributed by atoms with van der Waals surface area (Å²) in [7, 11) is 2.70. The maximum atomic E-state index is 11.9. The molecule has 0 bridgehead atoms. The quantitative estimate of drug-likeness (QED) is 0.504. The van der Waals surface area contributed by atoms with Gasteiger partial charge in [0.2, 0.25) is 0 Å². The van der Waals surface area contributed by atoms with Gasteiger partial charge in [0.1, 0.15) is 0 Å². The van der Waals surface area contributed by atoms with Gasteiger partial charge in [-0.05, 0) is 19.3 Å². The second-order valence-corrected chi connectivity index (χ2v) is 5.77. The van der Waals surface area contributed by atoms with Crippen LogP contribution in [0.15, 0.2) is 12.7 Å². The predicted octanol–water partition coefficient (Wildman–Crippen LogP) is 2.07. The minimum Gasteiger partial charge on any atom is -0.469 e. The first kappa shape index (κ1) is 18.6. The zero-order valence-electron chi connectivity index (χ0n) is 13.8. The fourth-order valence-corrected chi connectivity index (χ4v) is 2.92. The third kappa shape index (κ3) is 3.87. The van der Waals surface area contributed by atoms with Crippen molar-refractivity contribution in [1.82, 2.24) is 0 Å². The summed E-state index contributed by atoms with van der Waals surface area (Å²) < 4.78 is 21.0. The van der Waals surface area contributed by atoms with Gasteiger partial charge in [-0.25, -0.2) is 0 Å². The van der Waals surface area contributed by atoms with Gasteiger partial charge < -0.3 is 18.9 Å². The molecule has 0 radical (unpaired) electrons. The van der Waals surface area contributed by atoms with Crippen molar-refractivity contribution in [2.45, 2.75) is 38.9 Å². The highest BCUT2D eigenvalue weighted by atomic mass is 16.7. The molecule has 0 spiro atoms. The van der Waals surface area contributed by atoms with Gasteiger partial charge in [0, 0.05) is 11.8 Å². The van der Waals surface area contributed by atoms with Gasteiger partial charge in [0.25, 0.3) is 0 Å². The highest BCUT2D eigenvalue weighted by Crippen LogP contribution is 2.49. The number of ether oxygens (including phenoxy) is 4. The first-order valence-electron chi connectivity index (χ1n) is 7.37. The smallest absolute Gasteiger partial charge is 0.306 e. The molecule has 1 rings (SSSR count). The molecule has 0 amide bonds. The summed E-state index contributed by atoms with van der Waals surface area (Å²) in [4.78, 5) is 23.3. The summed E-state index contributed by atoms with van der Waals surface area (Å²) in [5, 5.41) is 0. The van der Waals surface area contributed by atoms with E-state index in [1.807, 2.05) is 13.8 Å². The van der Waals surface area contributed by atoms with E-state index in [-0.39, 0.29) is 30.7 Å². The summed E-state index contributed by atoms with van der Waals surface area (Å²) in [6.45, 7) is 8.50. The minimum atomic E-state index is -0.934. The van der Waals surface area contributed by atoms with Crippen LogP contribution in [0.5, 0.6) is 0 Å². The van der Waals surface area contributed by atoms with Gasteiger partial charge in [-0.1, -0.05) is 13.0 Å². The second kappa shape index (κ2) is 7.74. The third-order valence-electron chi connectivity index (χ3n) is 4.61. The molecule has 126 valence electrons. The zero-order valence-corrected chi connectivity index (χ0v) is 13.8. The third-order valence-corrected chi connectivity index (χ3v) is 4.61. The number of allylic oxidation sites excluding steroid dienone is 1. The van der Waals surface area contributed by atoms with Crippen molar-refractivity contribution >= 4 is 11.9 Å². The first-order chi connectivity index (χ1) is 10.3. The number of esters is 2. The molecule has 6 nitrogen and oxygen atoms in total. The molecule has 0 aromatic rings. The number of hydrogen-bond donors (Lipinski definition) is 0. The van der Waals surface area contributed by atoms with Gasteiger partial charge in [-0.2, -0.15) is 0 Å². The fraction of sp³-hybridized carbons (Fsp3) is 0.750. The van der Waals surface area contributed by atoms with Crippen molar-refractivity contribution in [3.05, 3.63) is 12.7 Å². The Morgan fingerprint density at radius 3 is 2.27 bits per heavy atom. The van der Waals surface area contributed by atoms with E-state index in [1.165, 1.54) is 14.2 Å². The molecule has 0 N–H and O–H groups in total. The molecule has 1 saturated heterocycles. The second-order valence-electron chi connectivity index (χ2n) is 5.77. The topological polar surface area (TPSA) is 71.1 Å². The lowest BCUT2D eigenvalue weighted by atomic mass is 9.67. The van der Waals surface area contributed by atoms with Crippen LogP contribution in [0.3, 0.4) is 0 Å². The van der Waals surface area contributed by atoms with Gasteiger partial charge in [0.15, 0.2) is 5.79 Å². The Hall–Kier alpha value is -1.40. The Bertz CT molecular complexity index is 413. The average Bonchev–Trinajstić information content (AvgIpc) is 2.95. The van der Waals surface area contributed by atoms with Crippen LogP contribution in [0.2, 0.25) is 0 Å². The van der Waals surface area contributed by atoms with Crippen molar-refractivity contribution < 1.29 is 28.5 Å². The van der Waals surface area contributed by atoms with Crippen molar-refractivity contribution in [3.63, 3.8) is 0 Å². The van der Waals surface area contributed by atoms with Crippen molar-refractivity contribution in [2.24, 2.45) is 11.3 Å². The predicted molar refractivity (Wildman–Crippen MR) is 80.0 cm³/mol. The summed E-state index contributed by atoms with van der Waals surface area (Å²) in [5.41, 5.74) is -0.702. The van der Waals surface area contributed by atoms with Gasteiger partial charge in [0.05, 0.1) is 33.9 Å². The van der Waals surface area contributed by atoms with Crippen molar-refractivity contribution in [2.75, 3.05) is 27.4 Å². The molecule has 0 saturated carbocycles.